The highest BCUT2D eigenvalue weighted by Crippen LogP contribution is 2.28. The number of nitrogens with one attached hydrogen (secondary N) is 1. The van der Waals surface area contributed by atoms with E-state index in [4.69, 9.17) is 0 Å². The predicted octanol–water partition coefficient (Wildman–Crippen LogP) is 3.77. The van der Waals surface area contributed by atoms with Crippen LogP contribution in [0.4, 0.5) is 8.78 Å². The number of alkyl halides is 2. The number of carbonyl (C=O) groups excluding carboxylic acids is 1. The Bertz CT molecular complexity index is 818. The van der Waals surface area contributed by atoms with Crippen LogP contribution in [0.25, 0.3) is 11.0 Å². The van der Waals surface area contributed by atoms with Crippen molar-refractivity contribution in [2.75, 3.05) is 6.54 Å². The largest absolute Gasteiger partial charge is 0.354 e. The molecule has 0 bridgehead atoms. The Morgan fingerprint density at radius 2 is 2.17 bits per heavy atom. The molecule has 3 rings (SSSR count). The van der Waals surface area contributed by atoms with Crippen molar-refractivity contribution < 1.29 is 13.6 Å². The summed E-state index contributed by atoms with van der Waals surface area (Å²) in [5.74, 6) is -2.80. The van der Waals surface area contributed by atoms with Gasteiger partial charge in [-0.3, -0.25) is 4.79 Å². The maximum Gasteiger partial charge on any atom is 0.291 e. The minimum Gasteiger partial charge on any atom is -0.354 e. The first-order valence-corrected chi connectivity index (χ1v) is 9.13. The number of rotatable bonds is 7. The molecular formula is C16H15F2N3OS2. The number of amides is 1. The summed E-state index contributed by atoms with van der Waals surface area (Å²) in [6.45, 7) is 0.485. The molecule has 2 heterocycles. The lowest BCUT2D eigenvalue weighted by Gasteiger charge is -2.09. The van der Waals surface area contributed by atoms with E-state index in [2.05, 4.69) is 10.3 Å². The molecule has 1 amide bonds. The van der Waals surface area contributed by atoms with E-state index in [1.165, 1.54) is 10.1 Å². The van der Waals surface area contributed by atoms with Crippen LogP contribution >= 0.6 is 23.1 Å². The monoisotopic (exact) mass is 367 g/mol. The van der Waals surface area contributed by atoms with Gasteiger partial charge in [0.05, 0.1) is 11.0 Å². The summed E-state index contributed by atoms with van der Waals surface area (Å²) in [6, 6.07) is 9.12. The molecule has 126 valence electrons. The average Bonchev–Trinajstić information content (AvgIpc) is 3.16. The molecule has 3 aromatic rings. The molecule has 0 aliphatic heterocycles. The number of aromatic nitrogens is 2. The van der Waals surface area contributed by atoms with Crippen LogP contribution in [-0.4, -0.2) is 27.8 Å². The Balaban J connectivity index is 1.69. The van der Waals surface area contributed by atoms with Crippen LogP contribution in [0.15, 0.2) is 46.2 Å². The second kappa shape index (κ2) is 7.76. The Morgan fingerprint density at radius 1 is 1.33 bits per heavy atom. The van der Waals surface area contributed by atoms with Gasteiger partial charge in [-0.15, -0.1) is 0 Å². The number of thiophene rings is 1. The van der Waals surface area contributed by atoms with Crippen LogP contribution < -0.4 is 5.32 Å². The number of hydrogen-bond donors (Lipinski definition) is 1. The van der Waals surface area contributed by atoms with Gasteiger partial charge in [0, 0.05) is 6.54 Å². The molecule has 1 aromatic carbocycles. The van der Waals surface area contributed by atoms with Crippen LogP contribution in [0.3, 0.4) is 0 Å². The standard InChI is InChI=1S/C16H15F2N3OS2/c17-15(18)24-16-20-12-3-1-2-4-13(12)21(16)9-14(22)19-7-5-11-6-8-23-10-11/h1-4,6,8,10,15H,5,7,9H2,(H,19,22). The van der Waals surface area contributed by atoms with Gasteiger partial charge in [-0.05, 0) is 52.7 Å². The van der Waals surface area contributed by atoms with Crippen molar-refractivity contribution in [3.63, 3.8) is 0 Å². The molecule has 0 saturated heterocycles. The van der Waals surface area contributed by atoms with E-state index in [0.29, 0.717) is 29.3 Å². The maximum absolute atomic E-state index is 12.7. The molecule has 8 heteroatoms. The first-order valence-electron chi connectivity index (χ1n) is 7.31. The molecular weight excluding hydrogens is 352 g/mol. The van der Waals surface area contributed by atoms with Gasteiger partial charge in [-0.25, -0.2) is 4.98 Å². The normalized spacial score (nSPS) is 11.3. The number of benzene rings is 1. The van der Waals surface area contributed by atoms with E-state index in [9.17, 15) is 13.6 Å². The van der Waals surface area contributed by atoms with Crippen LogP contribution in [0.1, 0.15) is 5.56 Å². The molecule has 4 nitrogen and oxygen atoms in total. The van der Waals surface area contributed by atoms with Gasteiger partial charge in [-0.1, -0.05) is 12.1 Å². The molecule has 0 unspecified atom stereocenters. The zero-order chi connectivity index (χ0) is 16.9. The third-order valence-electron chi connectivity index (χ3n) is 3.43. The van der Waals surface area contributed by atoms with E-state index in [1.807, 2.05) is 16.8 Å². The fourth-order valence-electron chi connectivity index (χ4n) is 2.36. The second-order valence-electron chi connectivity index (χ2n) is 5.08. The zero-order valence-corrected chi connectivity index (χ0v) is 14.2. The first-order chi connectivity index (χ1) is 11.6. The van der Waals surface area contributed by atoms with Crippen molar-refractivity contribution in [3.05, 3.63) is 46.7 Å². The van der Waals surface area contributed by atoms with E-state index in [0.717, 1.165) is 6.42 Å². The number of fused-ring (bicyclic) bond motifs is 1. The highest BCUT2D eigenvalue weighted by molar-refractivity contribution is 7.99. The molecule has 0 aliphatic carbocycles. The number of nitrogens with zero attached hydrogens (tertiary/aromatic N) is 2. The minimum absolute atomic E-state index is 0.0286. The van der Waals surface area contributed by atoms with E-state index in [-0.39, 0.29) is 17.6 Å². The third kappa shape index (κ3) is 4.12. The summed E-state index contributed by atoms with van der Waals surface area (Å²) in [6.07, 6.45) is 0.749. The number of carbonyl (C=O) groups is 1. The molecule has 0 spiro atoms. The van der Waals surface area contributed by atoms with Crippen molar-refractivity contribution in [1.82, 2.24) is 14.9 Å². The van der Waals surface area contributed by atoms with Gasteiger partial charge in [0.2, 0.25) is 5.91 Å². The lowest BCUT2D eigenvalue weighted by Crippen LogP contribution is -2.29. The molecule has 0 fully saturated rings. The maximum atomic E-state index is 12.7. The number of thioether (sulfide) groups is 1. The number of halogens is 2. The number of imidazole rings is 1. The van der Waals surface area contributed by atoms with Gasteiger partial charge >= 0.3 is 0 Å². The van der Waals surface area contributed by atoms with Crippen LogP contribution in [-0.2, 0) is 17.8 Å². The number of hydrogen-bond acceptors (Lipinski definition) is 4. The van der Waals surface area contributed by atoms with Gasteiger partial charge in [0.25, 0.3) is 5.76 Å². The van der Waals surface area contributed by atoms with Gasteiger partial charge < -0.3 is 9.88 Å². The smallest absolute Gasteiger partial charge is 0.291 e. The van der Waals surface area contributed by atoms with Gasteiger partial charge in [0.15, 0.2) is 5.16 Å². The highest BCUT2D eigenvalue weighted by Gasteiger charge is 2.17. The summed E-state index contributed by atoms with van der Waals surface area (Å²) in [4.78, 5) is 16.4. The van der Waals surface area contributed by atoms with Crippen molar-refractivity contribution in [3.8, 4) is 0 Å². The van der Waals surface area contributed by atoms with Crippen molar-refractivity contribution in [1.29, 1.82) is 0 Å². The lowest BCUT2D eigenvalue weighted by molar-refractivity contribution is -0.121. The molecule has 1 N–H and O–H groups in total. The molecule has 2 aromatic heterocycles. The Morgan fingerprint density at radius 3 is 2.92 bits per heavy atom. The minimum atomic E-state index is -2.58. The summed E-state index contributed by atoms with van der Waals surface area (Å²) in [7, 11) is 0. The first kappa shape index (κ1) is 16.9. The molecule has 0 atom stereocenters. The third-order valence-corrected chi connectivity index (χ3v) is 4.86. The van der Waals surface area contributed by atoms with Crippen LogP contribution in [0.5, 0.6) is 0 Å². The fraction of sp³-hybridized carbons (Fsp3) is 0.250. The van der Waals surface area contributed by atoms with Crippen molar-refractivity contribution in [2.24, 2.45) is 0 Å². The Labute approximate surface area is 145 Å². The summed E-state index contributed by atoms with van der Waals surface area (Å²) in [5.41, 5.74) is 2.45. The zero-order valence-electron chi connectivity index (χ0n) is 12.6. The van der Waals surface area contributed by atoms with Crippen LogP contribution in [0.2, 0.25) is 0 Å². The molecule has 0 aliphatic rings. The van der Waals surface area contributed by atoms with E-state index in [1.54, 1.807) is 35.6 Å². The number of para-hydroxylation sites is 2. The van der Waals surface area contributed by atoms with E-state index >= 15 is 0 Å². The average molecular weight is 367 g/mol. The second-order valence-corrected chi connectivity index (χ2v) is 6.82. The fourth-order valence-corrected chi connectivity index (χ4v) is 3.66. The Hall–Kier alpha value is -1.93. The predicted molar refractivity (Wildman–Crippen MR) is 92.6 cm³/mol. The Kier molecular flexibility index (Phi) is 5.47. The molecule has 24 heavy (non-hydrogen) atoms. The topological polar surface area (TPSA) is 46.9 Å². The van der Waals surface area contributed by atoms with Gasteiger partial charge in [0.1, 0.15) is 6.54 Å². The quantitative estimate of drug-likeness (QED) is 0.647. The summed E-state index contributed by atoms with van der Waals surface area (Å²) < 4.78 is 27.0. The van der Waals surface area contributed by atoms with Crippen molar-refractivity contribution >= 4 is 40.0 Å². The van der Waals surface area contributed by atoms with Crippen LogP contribution in [0, 0.1) is 0 Å². The highest BCUT2D eigenvalue weighted by atomic mass is 32.2. The van der Waals surface area contributed by atoms with Crippen molar-refractivity contribution in [2.45, 2.75) is 23.9 Å². The SMILES string of the molecule is O=C(Cn1c(SC(F)F)nc2ccccc21)NCCc1ccsc1. The summed E-state index contributed by atoms with van der Waals surface area (Å²) >= 11 is 1.97. The van der Waals surface area contributed by atoms with Gasteiger partial charge in [-0.2, -0.15) is 20.1 Å². The molecule has 0 saturated carbocycles. The molecule has 0 radical (unpaired) electrons. The lowest BCUT2D eigenvalue weighted by atomic mass is 10.2. The summed E-state index contributed by atoms with van der Waals surface area (Å²) in [5, 5.41) is 7.00. The van der Waals surface area contributed by atoms with E-state index < -0.39 is 5.76 Å².